The molecule has 1 fully saturated rings. The van der Waals surface area contributed by atoms with Crippen LogP contribution >= 0.6 is 0 Å². The van der Waals surface area contributed by atoms with E-state index in [1.54, 1.807) is 0 Å². The normalized spacial score (nSPS) is 25.6. The highest BCUT2D eigenvalue weighted by atomic mass is 15.2. The summed E-state index contributed by atoms with van der Waals surface area (Å²) in [7, 11) is 0. The maximum absolute atomic E-state index is 5.97. The SMILES string of the molecule is CC1Cc2ccccc2N1C(CN)C1CC1. The van der Waals surface area contributed by atoms with E-state index in [1.807, 2.05) is 0 Å². The molecule has 2 nitrogen and oxygen atoms in total. The van der Waals surface area contributed by atoms with Crippen LogP contribution in [0.4, 0.5) is 5.69 Å². The fraction of sp³-hybridized carbons (Fsp3) is 0.571. The smallest absolute Gasteiger partial charge is 0.0443 e. The van der Waals surface area contributed by atoms with Crippen molar-refractivity contribution in [2.75, 3.05) is 11.4 Å². The number of hydrogen-bond acceptors (Lipinski definition) is 2. The number of para-hydroxylation sites is 1. The van der Waals surface area contributed by atoms with Gasteiger partial charge in [0, 0.05) is 24.3 Å². The molecule has 86 valence electrons. The molecule has 3 rings (SSSR count). The van der Waals surface area contributed by atoms with Gasteiger partial charge in [-0.25, -0.2) is 0 Å². The van der Waals surface area contributed by atoms with Gasteiger partial charge in [0.1, 0.15) is 0 Å². The third-order valence-corrected chi connectivity index (χ3v) is 4.02. The Kier molecular flexibility index (Phi) is 2.40. The fourth-order valence-corrected chi connectivity index (χ4v) is 3.11. The molecule has 2 heteroatoms. The summed E-state index contributed by atoms with van der Waals surface area (Å²) in [4.78, 5) is 2.58. The van der Waals surface area contributed by atoms with Crippen LogP contribution in [-0.4, -0.2) is 18.6 Å². The van der Waals surface area contributed by atoms with Crippen molar-refractivity contribution in [3.05, 3.63) is 29.8 Å². The standard InChI is InChI=1S/C14H20N2/c1-10-8-12-4-2-3-5-13(12)16(10)14(9-15)11-6-7-11/h2-5,10-11,14H,6-9,15H2,1H3. The van der Waals surface area contributed by atoms with Gasteiger partial charge in [-0.15, -0.1) is 0 Å². The Morgan fingerprint density at radius 1 is 1.38 bits per heavy atom. The minimum absolute atomic E-state index is 0.568. The Morgan fingerprint density at radius 2 is 2.12 bits per heavy atom. The first-order valence-corrected chi connectivity index (χ1v) is 6.37. The molecule has 1 heterocycles. The summed E-state index contributed by atoms with van der Waals surface area (Å²) in [6.45, 7) is 3.12. The van der Waals surface area contributed by atoms with Crippen LogP contribution in [0.25, 0.3) is 0 Å². The van der Waals surface area contributed by atoms with Gasteiger partial charge < -0.3 is 10.6 Å². The highest BCUT2D eigenvalue weighted by Gasteiger charge is 2.39. The lowest BCUT2D eigenvalue weighted by Gasteiger charge is -2.33. The number of fused-ring (bicyclic) bond motifs is 1. The van der Waals surface area contributed by atoms with Gasteiger partial charge in [-0.05, 0) is 43.7 Å². The van der Waals surface area contributed by atoms with E-state index in [1.165, 1.54) is 30.5 Å². The zero-order valence-electron chi connectivity index (χ0n) is 9.89. The van der Waals surface area contributed by atoms with Crippen LogP contribution in [0, 0.1) is 5.92 Å². The molecule has 1 aromatic rings. The summed E-state index contributed by atoms with van der Waals surface area (Å²) in [6, 6.07) is 9.98. The molecule has 0 radical (unpaired) electrons. The number of anilines is 1. The van der Waals surface area contributed by atoms with Gasteiger partial charge in [0.25, 0.3) is 0 Å². The zero-order chi connectivity index (χ0) is 11.1. The predicted molar refractivity (Wildman–Crippen MR) is 67.7 cm³/mol. The van der Waals surface area contributed by atoms with E-state index >= 15 is 0 Å². The van der Waals surface area contributed by atoms with Gasteiger partial charge in [-0.3, -0.25) is 0 Å². The largest absolute Gasteiger partial charge is 0.364 e. The molecule has 16 heavy (non-hydrogen) atoms. The van der Waals surface area contributed by atoms with Gasteiger partial charge >= 0.3 is 0 Å². The molecule has 0 amide bonds. The molecule has 2 aliphatic rings. The van der Waals surface area contributed by atoms with Crippen molar-refractivity contribution in [3.8, 4) is 0 Å². The van der Waals surface area contributed by atoms with Gasteiger partial charge in [-0.1, -0.05) is 18.2 Å². The first-order chi connectivity index (χ1) is 7.81. The third-order valence-electron chi connectivity index (χ3n) is 4.02. The fourth-order valence-electron chi connectivity index (χ4n) is 3.11. The van der Waals surface area contributed by atoms with Crippen molar-refractivity contribution in [2.45, 2.75) is 38.3 Å². The van der Waals surface area contributed by atoms with E-state index in [-0.39, 0.29) is 0 Å². The number of nitrogens with zero attached hydrogens (tertiary/aromatic N) is 1. The van der Waals surface area contributed by atoms with Gasteiger partial charge in [0.05, 0.1) is 0 Å². The van der Waals surface area contributed by atoms with E-state index in [2.05, 4.69) is 36.1 Å². The van der Waals surface area contributed by atoms with E-state index in [0.717, 1.165) is 12.5 Å². The molecule has 1 aliphatic heterocycles. The first kappa shape index (κ1) is 10.2. The Balaban J connectivity index is 1.94. The highest BCUT2D eigenvalue weighted by molar-refractivity contribution is 5.60. The maximum Gasteiger partial charge on any atom is 0.0443 e. The molecule has 2 atom stereocenters. The quantitative estimate of drug-likeness (QED) is 0.839. The van der Waals surface area contributed by atoms with E-state index in [9.17, 15) is 0 Å². The van der Waals surface area contributed by atoms with Crippen LogP contribution in [0.5, 0.6) is 0 Å². The van der Waals surface area contributed by atoms with Crippen molar-refractivity contribution in [2.24, 2.45) is 11.7 Å². The van der Waals surface area contributed by atoms with Crippen LogP contribution in [0.1, 0.15) is 25.3 Å². The zero-order valence-corrected chi connectivity index (χ0v) is 9.89. The highest BCUT2D eigenvalue weighted by Crippen LogP contribution is 2.41. The van der Waals surface area contributed by atoms with Crippen LogP contribution in [0.15, 0.2) is 24.3 Å². The molecular weight excluding hydrogens is 196 g/mol. The predicted octanol–water partition coefficient (Wildman–Crippen LogP) is 2.17. The van der Waals surface area contributed by atoms with Crippen molar-refractivity contribution in [3.63, 3.8) is 0 Å². The van der Waals surface area contributed by atoms with Crippen molar-refractivity contribution < 1.29 is 0 Å². The van der Waals surface area contributed by atoms with Crippen molar-refractivity contribution >= 4 is 5.69 Å². The molecule has 1 saturated carbocycles. The Hall–Kier alpha value is -1.02. The molecule has 0 saturated heterocycles. The third kappa shape index (κ3) is 1.52. The lowest BCUT2D eigenvalue weighted by atomic mass is 10.1. The summed E-state index contributed by atoms with van der Waals surface area (Å²) in [5.74, 6) is 0.846. The minimum atomic E-state index is 0.568. The Labute approximate surface area is 97.4 Å². The van der Waals surface area contributed by atoms with Crippen molar-refractivity contribution in [1.82, 2.24) is 0 Å². The monoisotopic (exact) mass is 216 g/mol. The summed E-state index contributed by atoms with van der Waals surface area (Å²) in [5, 5.41) is 0. The second-order valence-electron chi connectivity index (χ2n) is 5.23. The number of benzene rings is 1. The van der Waals surface area contributed by atoms with Gasteiger partial charge in [0.15, 0.2) is 0 Å². The van der Waals surface area contributed by atoms with Crippen LogP contribution < -0.4 is 10.6 Å². The van der Waals surface area contributed by atoms with Gasteiger partial charge in [0.2, 0.25) is 0 Å². The lowest BCUT2D eigenvalue weighted by molar-refractivity contribution is 0.503. The summed E-state index contributed by atoms with van der Waals surface area (Å²) >= 11 is 0. The van der Waals surface area contributed by atoms with Crippen LogP contribution in [-0.2, 0) is 6.42 Å². The molecule has 2 N–H and O–H groups in total. The number of rotatable bonds is 3. The molecule has 2 unspecified atom stereocenters. The number of hydrogen-bond donors (Lipinski definition) is 1. The second-order valence-corrected chi connectivity index (χ2v) is 5.23. The Morgan fingerprint density at radius 3 is 2.81 bits per heavy atom. The maximum atomic E-state index is 5.97. The lowest BCUT2D eigenvalue weighted by Crippen LogP contribution is -2.45. The van der Waals surface area contributed by atoms with E-state index in [4.69, 9.17) is 5.73 Å². The summed E-state index contributed by atoms with van der Waals surface area (Å²) in [6.07, 6.45) is 3.92. The minimum Gasteiger partial charge on any atom is -0.364 e. The molecule has 1 aromatic carbocycles. The van der Waals surface area contributed by atoms with Crippen LogP contribution in [0.3, 0.4) is 0 Å². The molecular formula is C14H20N2. The molecule has 1 aliphatic carbocycles. The van der Waals surface area contributed by atoms with Crippen molar-refractivity contribution in [1.29, 1.82) is 0 Å². The van der Waals surface area contributed by atoms with Crippen LogP contribution in [0.2, 0.25) is 0 Å². The number of nitrogens with two attached hydrogens (primary N) is 1. The average molecular weight is 216 g/mol. The van der Waals surface area contributed by atoms with E-state index < -0.39 is 0 Å². The molecule has 0 spiro atoms. The van der Waals surface area contributed by atoms with E-state index in [0.29, 0.717) is 12.1 Å². The van der Waals surface area contributed by atoms with Gasteiger partial charge in [-0.2, -0.15) is 0 Å². The summed E-state index contributed by atoms with van der Waals surface area (Å²) in [5.41, 5.74) is 8.89. The topological polar surface area (TPSA) is 29.3 Å². The average Bonchev–Trinajstić information content (AvgIpc) is 3.06. The molecule has 0 aromatic heterocycles. The summed E-state index contributed by atoms with van der Waals surface area (Å²) < 4.78 is 0. The first-order valence-electron chi connectivity index (χ1n) is 6.37. The second kappa shape index (κ2) is 3.77. The molecule has 0 bridgehead atoms. The Bertz CT molecular complexity index is 384.